The predicted octanol–water partition coefficient (Wildman–Crippen LogP) is -0.931. The van der Waals surface area contributed by atoms with Crippen LogP contribution >= 0.6 is 7.82 Å². The van der Waals surface area contributed by atoms with E-state index in [9.17, 15) is 0 Å². The Labute approximate surface area is 44.9 Å². The minimum Gasteiger partial charge on any atom is -0.303 e. The summed E-state index contributed by atoms with van der Waals surface area (Å²) in [6.07, 6.45) is 0. The van der Waals surface area contributed by atoms with Gasteiger partial charge in [-0.2, -0.15) is 0 Å². The van der Waals surface area contributed by atoms with Crippen LogP contribution in [0, 0.1) is 0 Å². The Kier molecular flexibility index (Phi) is 4.49. The van der Waals surface area contributed by atoms with Crippen LogP contribution in [0.15, 0.2) is 0 Å². The molecule has 0 bridgehead atoms. The fourth-order valence-electron chi connectivity index (χ4n) is 0. The molecule has 4 nitrogen and oxygen atoms in total. The summed E-state index contributed by atoms with van der Waals surface area (Å²) in [5, 5.41) is 0. The van der Waals surface area contributed by atoms with Gasteiger partial charge in [-0.3, -0.25) is 0 Å². The molecule has 0 radical (unpaired) electrons. The van der Waals surface area contributed by atoms with E-state index in [1.165, 1.54) is 0 Å². The van der Waals surface area contributed by atoms with Gasteiger partial charge in [-0.1, -0.05) is 0 Å². The van der Waals surface area contributed by atoms with E-state index in [2.05, 4.69) is 0 Å². The van der Waals surface area contributed by atoms with Crippen LogP contribution in [0.1, 0.15) is 0 Å². The number of hydrogen-bond donors (Lipinski definition) is 3. The van der Waals surface area contributed by atoms with E-state index in [-0.39, 0.29) is 17.1 Å². The molecule has 0 spiro atoms. The molecule has 0 atom stereocenters. The van der Waals surface area contributed by atoms with Crippen molar-refractivity contribution in [3.63, 3.8) is 0 Å². The normalized spacial score (nSPS) is 9.83. The van der Waals surface area contributed by atoms with E-state index >= 15 is 0 Å². The first-order valence-corrected chi connectivity index (χ1v) is 2.35. The summed E-state index contributed by atoms with van der Waals surface area (Å²) in [5.41, 5.74) is 0. The molecule has 6 heavy (non-hydrogen) atoms. The number of hydrogen-bond acceptors (Lipinski definition) is 1. The van der Waals surface area contributed by atoms with E-state index in [1.54, 1.807) is 0 Å². The van der Waals surface area contributed by atoms with E-state index in [0.717, 1.165) is 0 Å². The van der Waals surface area contributed by atoms with Gasteiger partial charge >= 0.3 is 24.9 Å². The summed E-state index contributed by atoms with van der Waals surface area (Å²) in [4.78, 5) is 21.6. The zero-order chi connectivity index (χ0) is 4.50. The second-order valence-corrected chi connectivity index (χ2v) is 1.54. The molecule has 38 valence electrons. The molecule has 0 aliphatic heterocycles. The summed E-state index contributed by atoms with van der Waals surface area (Å²) < 4.78 is 8.88. The van der Waals surface area contributed by atoms with Crippen molar-refractivity contribution in [2.75, 3.05) is 0 Å². The molecule has 0 rings (SSSR count). The van der Waals surface area contributed by atoms with Gasteiger partial charge in [-0.05, 0) is 0 Å². The van der Waals surface area contributed by atoms with Gasteiger partial charge in [0.2, 0.25) is 0 Å². The first kappa shape index (κ1) is 9.80. The molecular formula is H3FeO4P+2. The molecule has 0 aromatic heterocycles. The fourth-order valence-corrected chi connectivity index (χ4v) is 0. The number of phosphoric acid groups is 1. The molecule has 0 unspecified atom stereocenters. The van der Waals surface area contributed by atoms with Gasteiger partial charge in [0.05, 0.1) is 0 Å². The maximum absolute atomic E-state index is 8.88. The smallest absolute Gasteiger partial charge is 0.303 e. The Morgan fingerprint density at radius 3 is 1.17 bits per heavy atom. The minimum atomic E-state index is -4.64. The van der Waals surface area contributed by atoms with E-state index in [1.807, 2.05) is 0 Å². The van der Waals surface area contributed by atoms with Crippen molar-refractivity contribution in [2.24, 2.45) is 0 Å². The third kappa shape index (κ3) is 154. The molecule has 0 aliphatic rings. The summed E-state index contributed by atoms with van der Waals surface area (Å²) >= 11 is 0. The third-order valence-electron chi connectivity index (χ3n) is 0. The van der Waals surface area contributed by atoms with Gasteiger partial charge in [0.15, 0.2) is 0 Å². The molecule has 0 heterocycles. The largest absolute Gasteiger partial charge is 2.00 e. The van der Waals surface area contributed by atoms with E-state index in [4.69, 9.17) is 19.2 Å². The molecule has 0 fully saturated rings. The Morgan fingerprint density at radius 1 is 1.17 bits per heavy atom. The Balaban J connectivity index is 0. The average molecular weight is 154 g/mol. The fraction of sp³-hybridized carbons (Fsp3) is 0. The molecule has 0 aromatic carbocycles. The second kappa shape index (κ2) is 2.75. The predicted molar refractivity (Wildman–Crippen MR) is 14.3 cm³/mol. The van der Waals surface area contributed by atoms with Crippen LogP contribution in [0.4, 0.5) is 0 Å². The van der Waals surface area contributed by atoms with Crippen LogP contribution in [0.25, 0.3) is 0 Å². The van der Waals surface area contributed by atoms with Crippen LogP contribution in [0.5, 0.6) is 0 Å². The van der Waals surface area contributed by atoms with Crippen LogP contribution in [-0.2, 0) is 21.6 Å². The quantitative estimate of drug-likeness (QED) is 0.311. The monoisotopic (exact) mass is 154 g/mol. The summed E-state index contributed by atoms with van der Waals surface area (Å²) in [7, 11) is -4.64. The molecule has 0 saturated heterocycles. The first-order valence-electron chi connectivity index (χ1n) is 0.783. The topological polar surface area (TPSA) is 77.8 Å². The van der Waals surface area contributed by atoms with Gasteiger partial charge < -0.3 is 14.7 Å². The molecule has 0 aromatic rings. The zero-order valence-corrected chi connectivity index (χ0v) is 4.55. The third-order valence-corrected chi connectivity index (χ3v) is 0. The molecule has 0 aliphatic carbocycles. The van der Waals surface area contributed by atoms with Crippen molar-refractivity contribution < 1.29 is 36.3 Å². The number of rotatable bonds is 0. The summed E-state index contributed by atoms with van der Waals surface area (Å²) in [6.45, 7) is 0. The van der Waals surface area contributed by atoms with Crippen molar-refractivity contribution in [1.29, 1.82) is 0 Å². The van der Waals surface area contributed by atoms with Crippen LogP contribution in [-0.4, -0.2) is 14.7 Å². The van der Waals surface area contributed by atoms with Crippen molar-refractivity contribution >= 4 is 7.82 Å². The van der Waals surface area contributed by atoms with Gasteiger partial charge in [0, 0.05) is 0 Å². The van der Waals surface area contributed by atoms with E-state index < -0.39 is 7.82 Å². The van der Waals surface area contributed by atoms with Crippen LogP contribution in [0.2, 0.25) is 0 Å². The summed E-state index contributed by atoms with van der Waals surface area (Å²) in [5.74, 6) is 0. The molecule has 6 heteroatoms. The molecular weight excluding hydrogens is 151 g/mol. The van der Waals surface area contributed by atoms with Crippen molar-refractivity contribution in [3.8, 4) is 0 Å². The Morgan fingerprint density at radius 2 is 1.17 bits per heavy atom. The van der Waals surface area contributed by atoms with Crippen LogP contribution in [0.3, 0.4) is 0 Å². The minimum absolute atomic E-state index is 0. The average Bonchev–Trinajstić information content (AvgIpc) is 0.722. The van der Waals surface area contributed by atoms with Gasteiger partial charge in [-0.15, -0.1) is 0 Å². The standard InChI is InChI=1S/Fe.H3O4P/c;1-5(2,3)4/h;(H3,1,2,3,4)/q+2;. The van der Waals surface area contributed by atoms with Gasteiger partial charge in [-0.25, -0.2) is 4.57 Å². The van der Waals surface area contributed by atoms with Gasteiger partial charge in [0.25, 0.3) is 0 Å². The first-order chi connectivity index (χ1) is 2.00. The van der Waals surface area contributed by atoms with Crippen molar-refractivity contribution in [2.45, 2.75) is 0 Å². The summed E-state index contributed by atoms with van der Waals surface area (Å²) in [6, 6.07) is 0. The Bertz CT molecular complexity index is 53.7. The SMILES string of the molecule is O=P(O)(O)O.[Fe+2]. The maximum Gasteiger partial charge on any atom is 2.00 e. The zero-order valence-electron chi connectivity index (χ0n) is 2.55. The second-order valence-electron chi connectivity index (χ2n) is 0.513. The van der Waals surface area contributed by atoms with Crippen LogP contribution < -0.4 is 0 Å². The maximum atomic E-state index is 8.88. The van der Waals surface area contributed by atoms with Gasteiger partial charge in [0.1, 0.15) is 0 Å². The molecule has 3 N–H and O–H groups in total. The van der Waals surface area contributed by atoms with E-state index in [0.29, 0.717) is 0 Å². The van der Waals surface area contributed by atoms with Crippen molar-refractivity contribution in [1.82, 2.24) is 0 Å². The Hall–Kier alpha value is 0.629. The molecule has 0 amide bonds. The van der Waals surface area contributed by atoms with Crippen molar-refractivity contribution in [3.05, 3.63) is 0 Å². The molecule has 0 saturated carbocycles.